The molecule has 0 fully saturated rings. The average Bonchev–Trinajstić information content (AvgIpc) is 2.73. The van der Waals surface area contributed by atoms with Crippen LogP contribution in [0.3, 0.4) is 0 Å². The van der Waals surface area contributed by atoms with Gasteiger partial charge < -0.3 is 4.74 Å². The van der Waals surface area contributed by atoms with E-state index < -0.39 is 0 Å². The predicted molar refractivity (Wildman–Crippen MR) is 114 cm³/mol. The van der Waals surface area contributed by atoms with Crippen molar-refractivity contribution in [3.63, 3.8) is 0 Å². The van der Waals surface area contributed by atoms with E-state index in [1.807, 2.05) is 60.7 Å². The van der Waals surface area contributed by atoms with Crippen molar-refractivity contribution in [2.75, 3.05) is 7.11 Å². The molecule has 0 saturated carbocycles. The Morgan fingerprint density at radius 3 is 2.50 bits per heavy atom. The van der Waals surface area contributed by atoms with Gasteiger partial charge in [0.25, 0.3) is 5.56 Å². The lowest BCUT2D eigenvalue weighted by atomic mass is 10.2. The van der Waals surface area contributed by atoms with Crippen molar-refractivity contribution in [3.8, 4) is 11.4 Å². The summed E-state index contributed by atoms with van der Waals surface area (Å²) in [6.45, 7) is 0. The first-order valence-corrected chi connectivity index (χ1v) is 9.14. The number of nitrogens with zero attached hydrogens (tertiary/aromatic N) is 2. The summed E-state index contributed by atoms with van der Waals surface area (Å²) in [7, 11) is 1.56. The number of para-hydroxylation sites is 1. The Kier molecular flexibility index (Phi) is 4.96. The van der Waals surface area contributed by atoms with Gasteiger partial charge in [-0.05, 0) is 42.0 Å². The summed E-state index contributed by atoms with van der Waals surface area (Å²) in [4.78, 5) is 18.0. The molecule has 0 bridgehead atoms. The number of methoxy groups -OCH3 is 1. The van der Waals surface area contributed by atoms with Crippen molar-refractivity contribution < 1.29 is 4.74 Å². The third-order valence-electron chi connectivity index (χ3n) is 4.41. The minimum atomic E-state index is -0.182. The molecular formula is C23H17ClN2O2. The third kappa shape index (κ3) is 3.42. The summed E-state index contributed by atoms with van der Waals surface area (Å²) >= 11 is 6.21. The van der Waals surface area contributed by atoms with Gasteiger partial charge in [-0.15, -0.1) is 0 Å². The molecule has 1 heterocycles. The number of benzene rings is 3. The van der Waals surface area contributed by atoms with Crippen LogP contribution in [0.2, 0.25) is 5.02 Å². The Hall–Kier alpha value is -3.37. The van der Waals surface area contributed by atoms with E-state index in [0.29, 0.717) is 33.2 Å². The van der Waals surface area contributed by atoms with Crippen LogP contribution in [0.1, 0.15) is 11.4 Å². The van der Waals surface area contributed by atoms with Gasteiger partial charge in [0.2, 0.25) is 0 Å². The highest BCUT2D eigenvalue weighted by Gasteiger charge is 2.15. The number of halogens is 1. The van der Waals surface area contributed by atoms with Crippen molar-refractivity contribution in [1.29, 1.82) is 0 Å². The molecule has 0 aliphatic carbocycles. The van der Waals surface area contributed by atoms with Crippen LogP contribution in [-0.2, 0) is 0 Å². The Bertz CT molecular complexity index is 1230. The maximum Gasteiger partial charge on any atom is 0.266 e. The highest BCUT2D eigenvalue weighted by atomic mass is 35.5. The van der Waals surface area contributed by atoms with E-state index >= 15 is 0 Å². The van der Waals surface area contributed by atoms with Gasteiger partial charge in [0, 0.05) is 5.02 Å². The van der Waals surface area contributed by atoms with Gasteiger partial charge in [0.05, 0.1) is 23.7 Å². The van der Waals surface area contributed by atoms with E-state index in [9.17, 15) is 4.79 Å². The largest absolute Gasteiger partial charge is 0.495 e. The zero-order chi connectivity index (χ0) is 19.5. The van der Waals surface area contributed by atoms with Crippen molar-refractivity contribution >= 4 is 34.7 Å². The number of rotatable bonds is 4. The van der Waals surface area contributed by atoms with Crippen LogP contribution >= 0.6 is 11.6 Å². The minimum absolute atomic E-state index is 0.182. The van der Waals surface area contributed by atoms with E-state index in [2.05, 4.69) is 0 Å². The van der Waals surface area contributed by atoms with Gasteiger partial charge in [0.1, 0.15) is 11.6 Å². The van der Waals surface area contributed by atoms with Crippen molar-refractivity contribution in [1.82, 2.24) is 9.55 Å². The second-order valence-electron chi connectivity index (χ2n) is 6.19. The third-order valence-corrected chi connectivity index (χ3v) is 4.64. The lowest BCUT2D eigenvalue weighted by molar-refractivity contribution is 0.412. The van der Waals surface area contributed by atoms with Crippen LogP contribution in [0.15, 0.2) is 77.6 Å². The number of ether oxygens (including phenoxy) is 1. The fourth-order valence-corrected chi connectivity index (χ4v) is 3.23. The van der Waals surface area contributed by atoms with Crippen molar-refractivity contribution in [2.24, 2.45) is 0 Å². The molecule has 0 spiro atoms. The molecule has 28 heavy (non-hydrogen) atoms. The molecule has 3 aromatic carbocycles. The zero-order valence-electron chi connectivity index (χ0n) is 15.2. The molecule has 0 aliphatic heterocycles. The second-order valence-corrected chi connectivity index (χ2v) is 6.62. The van der Waals surface area contributed by atoms with Crippen LogP contribution in [0, 0.1) is 0 Å². The van der Waals surface area contributed by atoms with Crippen LogP contribution in [0.25, 0.3) is 28.7 Å². The number of hydrogen-bond acceptors (Lipinski definition) is 3. The number of aromatic nitrogens is 2. The Morgan fingerprint density at radius 2 is 1.71 bits per heavy atom. The summed E-state index contributed by atoms with van der Waals surface area (Å²) in [5.74, 6) is 1.03. The van der Waals surface area contributed by atoms with Crippen LogP contribution in [0.4, 0.5) is 0 Å². The standard InChI is InChI=1S/C23H17ClN2O2/c1-28-21-13-12-17(24)15-20(21)26-22(14-11-16-7-3-2-4-8-16)25-19-10-6-5-9-18(19)23(26)27/h2-15H,1H3. The second kappa shape index (κ2) is 7.71. The molecule has 0 aliphatic rings. The molecule has 0 saturated heterocycles. The summed E-state index contributed by atoms with van der Waals surface area (Å²) < 4.78 is 7.00. The normalized spacial score (nSPS) is 11.2. The first-order chi connectivity index (χ1) is 13.7. The number of hydrogen-bond donors (Lipinski definition) is 0. The van der Waals surface area contributed by atoms with Gasteiger partial charge in [-0.25, -0.2) is 4.98 Å². The van der Waals surface area contributed by atoms with Crippen LogP contribution < -0.4 is 10.3 Å². The molecule has 138 valence electrons. The van der Waals surface area contributed by atoms with Crippen molar-refractivity contribution in [2.45, 2.75) is 0 Å². The molecule has 5 heteroatoms. The van der Waals surface area contributed by atoms with E-state index in [-0.39, 0.29) is 5.56 Å². The zero-order valence-corrected chi connectivity index (χ0v) is 15.9. The molecular weight excluding hydrogens is 372 g/mol. The van der Waals surface area contributed by atoms with E-state index in [1.165, 1.54) is 4.57 Å². The van der Waals surface area contributed by atoms with Crippen LogP contribution in [-0.4, -0.2) is 16.7 Å². The molecule has 0 amide bonds. The molecule has 0 N–H and O–H groups in total. The van der Waals surface area contributed by atoms with Gasteiger partial charge in [-0.1, -0.05) is 60.1 Å². The molecule has 0 unspecified atom stereocenters. The topological polar surface area (TPSA) is 44.1 Å². The first-order valence-electron chi connectivity index (χ1n) is 8.76. The summed E-state index contributed by atoms with van der Waals surface area (Å²) in [5, 5.41) is 1.04. The Morgan fingerprint density at radius 1 is 0.964 bits per heavy atom. The van der Waals surface area contributed by atoms with Crippen molar-refractivity contribution in [3.05, 3.63) is 99.6 Å². The highest BCUT2D eigenvalue weighted by molar-refractivity contribution is 6.30. The van der Waals surface area contributed by atoms with E-state index in [4.69, 9.17) is 21.3 Å². The van der Waals surface area contributed by atoms with E-state index in [1.54, 1.807) is 31.4 Å². The fraction of sp³-hybridized carbons (Fsp3) is 0.0435. The molecule has 4 aromatic rings. The molecule has 0 radical (unpaired) electrons. The molecule has 4 nitrogen and oxygen atoms in total. The first kappa shape index (κ1) is 18.0. The van der Waals surface area contributed by atoms with Gasteiger partial charge in [-0.2, -0.15) is 0 Å². The lowest BCUT2D eigenvalue weighted by Crippen LogP contribution is -2.22. The maximum absolute atomic E-state index is 13.3. The predicted octanol–water partition coefficient (Wildman–Crippen LogP) is 5.22. The smallest absolute Gasteiger partial charge is 0.266 e. The Labute approximate surface area is 167 Å². The van der Waals surface area contributed by atoms with E-state index in [0.717, 1.165) is 5.56 Å². The SMILES string of the molecule is COc1ccc(Cl)cc1-n1c(C=Cc2ccccc2)nc2ccccc2c1=O. The fourth-order valence-electron chi connectivity index (χ4n) is 3.07. The quantitative estimate of drug-likeness (QED) is 0.481. The summed E-state index contributed by atoms with van der Waals surface area (Å²) in [6, 6.07) is 22.3. The maximum atomic E-state index is 13.3. The number of fused-ring (bicyclic) bond motifs is 1. The monoisotopic (exact) mass is 388 g/mol. The summed E-state index contributed by atoms with van der Waals surface area (Å²) in [5.41, 5.74) is 2.01. The minimum Gasteiger partial charge on any atom is -0.495 e. The highest BCUT2D eigenvalue weighted by Crippen LogP contribution is 2.27. The Balaban J connectivity index is 2.01. The lowest BCUT2D eigenvalue weighted by Gasteiger charge is -2.15. The molecule has 0 atom stereocenters. The summed E-state index contributed by atoms with van der Waals surface area (Å²) in [6.07, 6.45) is 3.74. The van der Waals surface area contributed by atoms with Gasteiger partial charge in [-0.3, -0.25) is 9.36 Å². The van der Waals surface area contributed by atoms with Crippen LogP contribution in [0.5, 0.6) is 5.75 Å². The molecule has 4 rings (SSSR count). The van der Waals surface area contributed by atoms with Gasteiger partial charge >= 0.3 is 0 Å². The van der Waals surface area contributed by atoms with Gasteiger partial charge in [0.15, 0.2) is 0 Å². The average molecular weight is 389 g/mol. The molecule has 1 aromatic heterocycles.